The number of hydrogen-bond acceptors (Lipinski definition) is 6. The van der Waals surface area contributed by atoms with Crippen molar-refractivity contribution in [3.05, 3.63) is 30.6 Å². The lowest BCUT2D eigenvalue weighted by Gasteiger charge is -2.25. The van der Waals surface area contributed by atoms with Gasteiger partial charge in [0.15, 0.2) is 5.82 Å². The summed E-state index contributed by atoms with van der Waals surface area (Å²) < 4.78 is 1.80. The second kappa shape index (κ2) is 8.06. The van der Waals surface area contributed by atoms with Crippen LogP contribution in [0, 0.1) is 0 Å². The largest absolute Gasteiger partial charge is 0.351 e. The van der Waals surface area contributed by atoms with Gasteiger partial charge in [0.2, 0.25) is 5.91 Å². The summed E-state index contributed by atoms with van der Waals surface area (Å²) in [6, 6.07) is 6.23. The van der Waals surface area contributed by atoms with Gasteiger partial charge in [0.25, 0.3) is 0 Å². The van der Waals surface area contributed by atoms with Crippen molar-refractivity contribution in [3.8, 4) is 0 Å². The van der Waals surface area contributed by atoms with Crippen molar-refractivity contribution in [1.29, 1.82) is 0 Å². The van der Waals surface area contributed by atoms with Gasteiger partial charge in [0.1, 0.15) is 5.82 Å². The number of carbonyl (C=O) groups excluding carboxylic acids is 1. The zero-order chi connectivity index (χ0) is 17.6. The van der Waals surface area contributed by atoms with E-state index in [1.54, 1.807) is 17.1 Å². The molecule has 2 N–H and O–H groups in total. The fraction of sp³-hybridized carbons (Fsp3) is 0.529. The third kappa shape index (κ3) is 4.33. The summed E-state index contributed by atoms with van der Waals surface area (Å²) >= 11 is 0. The number of amides is 1. The molecule has 8 heteroatoms. The molecular formula is C17H25N7O. The lowest BCUT2D eigenvalue weighted by Crippen LogP contribution is -2.41. The van der Waals surface area contributed by atoms with E-state index in [-0.39, 0.29) is 18.5 Å². The summed E-state index contributed by atoms with van der Waals surface area (Å²) in [4.78, 5) is 14.4. The Hall–Kier alpha value is -2.48. The molecule has 0 bridgehead atoms. The standard InChI is InChI=1S/C17H25N7O/c1-13(2)24-15(7-9-20-24)21-17(25)12-18-11-14-5-4-10-23(14)16-6-3-8-19-22-16/h3,6-9,13-14,18H,4-5,10-12H2,1-2H3,(H,21,25)/t14-/m1/s1. The summed E-state index contributed by atoms with van der Waals surface area (Å²) in [5.74, 6) is 1.56. The minimum atomic E-state index is -0.0635. The Kier molecular flexibility index (Phi) is 5.60. The minimum Gasteiger partial charge on any atom is -0.351 e. The van der Waals surface area contributed by atoms with E-state index in [9.17, 15) is 4.79 Å². The van der Waals surface area contributed by atoms with Crippen molar-refractivity contribution < 1.29 is 4.79 Å². The first-order valence-corrected chi connectivity index (χ1v) is 8.73. The lowest BCUT2D eigenvalue weighted by molar-refractivity contribution is -0.115. The quantitative estimate of drug-likeness (QED) is 0.791. The van der Waals surface area contributed by atoms with Gasteiger partial charge in [-0.2, -0.15) is 10.2 Å². The summed E-state index contributed by atoms with van der Waals surface area (Å²) in [6.45, 7) is 6.05. The monoisotopic (exact) mass is 343 g/mol. The molecule has 1 fully saturated rings. The normalized spacial score (nSPS) is 17.2. The van der Waals surface area contributed by atoms with Crippen molar-refractivity contribution >= 4 is 17.5 Å². The molecule has 1 aliphatic heterocycles. The Labute approximate surface area is 147 Å². The number of anilines is 2. The van der Waals surface area contributed by atoms with Crippen LogP contribution in [0.1, 0.15) is 32.7 Å². The molecule has 0 aromatic carbocycles. The zero-order valence-electron chi connectivity index (χ0n) is 14.7. The maximum absolute atomic E-state index is 12.2. The molecule has 2 aromatic heterocycles. The van der Waals surface area contributed by atoms with Gasteiger partial charge >= 0.3 is 0 Å². The molecule has 1 aliphatic rings. The van der Waals surface area contributed by atoms with Gasteiger partial charge < -0.3 is 15.5 Å². The molecule has 1 amide bonds. The molecule has 1 saturated heterocycles. The van der Waals surface area contributed by atoms with Crippen LogP contribution in [0.15, 0.2) is 30.6 Å². The van der Waals surface area contributed by atoms with Gasteiger partial charge in [-0.05, 0) is 38.8 Å². The highest BCUT2D eigenvalue weighted by atomic mass is 16.2. The SMILES string of the molecule is CC(C)n1nccc1NC(=O)CNC[C@H]1CCCN1c1cccnn1. The number of carbonyl (C=O) groups is 1. The van der Waals surface area contributed by atoms with Crippen molar-refractivity contribution in [2.75, 3.05) is 29.9 Å². The predicted octanol–water partition coefficient (Wildman–Crippen LogP) is 1.45. The summed E-state index contributed by atoms with van der Waals surface area (Å²) in [6.07, 6.45) is 5.59. The van der Waals surface area contributed by atoms with Gasteiger partial charge in [-0.1, -0.05) is 0 Å². The summed E-state index contributed by atoms with van der Waals surface area (Å²) in [5, 5.41) is 18.5. The maximum Gasteiger partial charge on any atom is 0.239 e. The highest BCUT2D eigenvalue weighted by Crippen LogP contribution is 2.22. The minimum absolute atomic E-state index is 0.0635. The van der Waals surface area contributed by atoms with E-state index in [1.165, 1.54) is 0 Å². The Morgan fingerprint density at radius 1 is 1.36 bits per heavy atom. The van der Waals surface area contributed by atoms with E-state index in [4.69, 9.17) is 0 Å². The molecule has 0 spiro atoms. The van der Waals surface area contributed by atoms with Crippen LogP contribution in [0.2, 0.25) is 0 Å². The topological polar surface area (TPSA) is 88.0 Å². The van der Waals surface area contributed by atoms with Crippen LogP contribution < -0.4 is 15.5 Å². The first-order valence-electron chi connectivity index (χ1n) is 8.73. The molecule has 0 radical (unpaired) electrons. The lowest BCUT2D eigenvalue weighted by atomic mass is 10.2. The van der Waals surface area contributed by atoms with Crippen molar-refractivity contribution in [2.24, 2.45) is 0 Å². The van der Waals surface area contributed by atoms with E-state index < -0.39 is 0 Å². The average molecular weight is 343 g/mol. The van der Waals surface area contributed by atoms with Crippen LogP contribution in [0.25, 0.3) is 0 Å². The molecular weight excluding hydrogens is 318 g/mol. The molecule has 3 rings (SSSR count). The van der Waals surface area contributed by atoms with Gasteiger partial charge in [0.05, 0.1) is 12.7 Å². The molecule has 0 unspecified atom stereocenters. The molecule has 134 valence electrons. The zero-order valence-corrected chi connectivity index (χ0v) is 14.7. The number of nitrogens with one attached hydrogen (secondary N) is 2. The fourth-order valence-electron chi connectivity index (χ4n) is 3.16. The van der Waals surface area contributed by atoms with Gasteiger partial charge in [-0.15, -0.1) is 5.10 Å². The Morgan fingerprint density at radius 3 is 3.00 bits per heavy atom. The summed E-state index contributed by atoms with van der Waals surface area (Å²) in [5.41, 5.74) is 0. The highest BCUT2D eigenvalue weighted by molar-refractivity contribution is 5.91. The number of nitrogens with zero attached hydrogens (tertiary/aromatic N) is 5. The number of aromatic nitrogens is 4. The second-order valence-electron chi connectivity index (χ2n) is 6.51. The Morgan fingerprint density at radius 2 is 2.24 bits per heavy atom. The van der Waals surface area contributed by atoms with E-state index in [1.807, 2.05) is 32.0 Å². The fourth-order valence-corrected chi connectivity index (χ4v) is 3.16. The van der Waals surface area contributed by atoms with Gasteiger partial charge in [0, 0.05) is 37.4 Å². The predicted molar refractivity (Wildman–Crippen MR) is 96.5 cm³/mol. The van der Waals surface area contributed by atoms with E-state index in [0.29, 0.717) is 6.04 Å². The molecule has 0 saturated carbocycles. The van der Waals surface area contributed by atoms with Crippen LogP contribution in [0.3, 0.4) is 0 Å². The van der Waals surface area contributed by atoms with Gasteiger partial charge in [-0.3, -0.25) is 4.79 Å². The average Bonchev–Trinajstić information content (AvgIpc) is 3.25. The third-order valence-corrected chi connectivity index (χ3v) is 4.32. The van der Waals surface area contributed by atoms with Crippen LogP contribution in [-0.2, 0) is 4.79 Å². The van der Waals surface area contributed by atoms with Crippen molar-refractivity contribution in [1.82, 2.24) is 25.3 Å². The molecule has 1 atom stereocenters. The molecule has 25 heavy (non-hydrogen) atoms. The van der Waals surface area contributed by atoms with Crippen LogP contribution in [0.5, 0.6) is 0 Å². The number of hydrogen-bond donors (Lipinski definition) is 2. The van der Waals surface area contributed by atoms with Crippen LogP contribution in [0.4, 0.5) is 11.6 Å². The van der Waals surface area contributed by atoms with Crippen molar-refractivity contribution in [3.63, 3.8) is 0 Å². The summed E-state index contributed by atoms with van der Waals surface area (Å²) in [7, 11) is 0. The third-order valence-electron chi connectivity index (χ3n) is 4.32. The van der Waals surface area contributed by atoms with Crippen LogP contribution >= 0.6 is 0 Å². The van der Waals surface area contributed by atoms with E-state index in [0.717, 1.165) is 37.6 Å². The van der Waals surface area contributed by atoms with Crippen LogP contribution in [-0.4, -0.2) is 51.6 Å². The number of rotatable bonds is 7. The van der Waals surface area contributed by atoms with Crippen molar-refractivity contribution in [2.45, 2.75) is 38.8 Å². The first-order chi connectivity index (χ1) is 12.1. The maximum atomic E-state index is 12.2. The molecule has 3 heterocycles. The first kappa shape index (κ1) is 17.3. The van der Waals surface area contributed by atoms with Gasteiger partial charge in [-0.25, -0.2) is 4.68 Å². The Balaban J connectivity index is 1.47. The smallest absolute Gasteiger partial charge is 0.239 e. The molecule has 0 aliphatic carbocycles. The molecule has 8 nitrogen and oxygen atoms in total. The Bertz CT molecular complexity index is 685. The highest BCUT2D eigenvalue weighted by Gasteiger charge is 2.25. The molecule has 2 aromatic rings. The second-order valence-corrected chi connectivity index (χ2v) is 6.51. The van der Waals surface area contributed by atoms with E-state index >= 15 is 0 Å². The van der Waals surface area contributed by atoms with E-state index in [2.05, 4.69) is 30.8 Å².